The molecule has 1 aromatic heterocycles. The average molecular weight is 424 g/mol. The fourth-order valence-electron chi connectivity index (χ4n) is 3.02. The van der Waals surface area contributed by atoms with Crippen LogP contribution in [0.3, 0.4) is 0 Å². The summed E-state index contributed by atoms with van der Waals surface area (Å²) in [5.74, 6) is -1.13. The first kappa shape index (κ1) is 22.4. The molecule has 0 fully saturated rings. The molecule has 0 aliphatic heterocycles. The van der Waals surface area contributed by atoms with Crippen LogP contribution in [0.15, 0.2) is 29.1 Å². The van der Waals surface area contributed by atoms with E-state index in [1.54, 1.807) is 42.9 Å². The number of rotatable bonds is 8. The number of hydrogen-bond acceptors (Lipinski definition) is 6. The van der Waals surface area contributed by atoms with Crippen LogP contribution in [0.4, 0.5) is 5.69 Å². The number of amides is 1. The first-order valence-electron chi connectivity index (χ1n) is 8.75. The Labute approximate surface area is 168 Å². The molecule has 2 aromatic rings. The monoisotopic (exact) mass is 424 g/mol. The fourth-order valence-corrected chi connectivity index (χ4v) is 3.64. The van der Waals surface area contributed by atoms with E-state index < -0.39 is 21.6 Å². The van der Waals surface area contributed by atoms with Gasteiger partial charge >= 0.3 is 0 Å². The number of carbonyl (C=O) groups excluding carboxylic acids is 2. The second-order valence-corrected chi connectivity index (χ2v) is 8.05. The zero-order chi connectivity index (χ0) is 21.9. The summed E-state index contributed by atoms with van der Waals surface area (Å²) in [4.78, 5) is 37.5. The van der Waals surface area contributed by atoms with Gasteiger partial charge in [-0.25, -0.2) is 4.68 Å². The molecule has 1 aromatic carbocycles. The Balaban J connectivity index is 2.34. The van der Waals surface area contributed by atoms with Crippen LogP contribution < -0.4 is 15.8 Å². The summed E-state index contributed by atoms with van der Waals surface area (Å²) in [6.45, 7) is 1.66. The van der Waals surface area contributed by atoms with Gasteiger partial charge in [0.15, 0.2) is 5.78 Å². The number of ketones is 1. The first-order chi connectivity index (χ1) is 13.5. The van der Waals surface area contributed by atoms with Gasteiger partial charge in [-0.1, -0.05) is 0 Å². The van der Waals surface area contributed by atoms with E-state index >= 15 is 0 Å². The van der Waals surface area contributed by atoms with E-state index in [1.807, 2.05) is 0 Å². The molecule has 10 nitrogen and oxygen atoms in total. The van der Waals surface area contributed by atoms with Gasteiger partial charge in [0, 0.05) is 39.5 Å². The molecule has 158 valence electrons. The Morgan fingerprint density at radius 3 is 2.28 bits per heavy atom. The normalized spacial score (nSPS) is 11.3. The van der Waals surface area contributed by atoms with Crippen LogP contribution in [0.5, 0.6) is 0 Å². The number of nitrogens with one attached hydrogen (secondary N) is 1. The summed E-state index contributed by atoms with van der Waals surface area (Å²) in [6.07, 6.45) is 0.170. The molecule has 0 saturated carbocycles. The van der Waals surface area contributed by atoms with Gasteiger partial charge in [0.1, 0.15) is 11.6 Å². The van der Waals surface area contributed by atoms with E-state index in [2.05, 4.69) is 5.32 Å². The van der Waals surface area contributed by atoms with Crippen LogP contribution in [-0.4, -0.2) is 54.0 Å². The van der Waals surface area contributed by atoms with Crippen LogP contribution >= 0.6 is 0 Å². The van der Waals surface area contributed by atoms with Crippen LogP contribution in [0.25, 0.3) is 5.69 Å². The lowest BCUT2D eigenvalue weighted by molar-refractivity contribution is -0.120. The average Bonchev–Trinajstić information content (AvgIpc) is 2.87. The molecule has 29 heavy (non-hydrogen) atoms. The standard InChI is InChI=1S/C18H24N4O6S/c1-12-17(20(3)11-29(26,27)28)18(25)22(21(12)4)14-7-5-13(6-8-14)15(23)9-10-16(24)19-2/h5-8H,9-11H2,1-4H3,(H,19,24)(H,26,27,28). The number of benzene rings is 1. The highest BCUT2D eigenvalue weighted by Crippen LogP contribution is 2.18. The number of hydrogen-bond donors (Lipinski definition) is 2. The third kappa shape index (κ3) is 5.12. The van der Waals surface area contributed by atoms with E-state index in [0.717, 1.165) is 0 Å². The number of carbonyl (C=O) groups is 2. The van der Waals surface area contributed by atoms with Gasteiger partial charge in [0.25, 0.3) is 15.7 Å². The van der Waals surface area contributed by atoms with Crippen LogP contribution in [0, 0.1) is 6.92 Å². The number of aromatic nitrogens is 2. The molecule has 0 spiro atoms. The third-order valence-corrected chi connectivity index (χ3v) is 5.27. The molecule has 2 rings (SSSR count). The minimum absolute atomic E-state index is 0.0762. The Morgan fingerprint density at radius 1 is 1.17 bits per heavy atom. The molecule has 1 amide bonds. The van der Waals surface area contributed by atoms with Gasteiger partial charge in [0.2, 0.25) is 5.91 Å². The van der Waals surface area contributed by atoms with E-state index in [1.165, 1.54) is 23.7 Å². The second kappa shape index (κ2) is 8.62. The number of anilines is 1. The Kier molecular flexibility index (Phi) is 6.65. The summed E-state index contributed by atoms with van der Waals surface area (Å²) in [7, 11) is 0.245. The summed E-state index contributed by atoms with van der Waals surface area (Å²) < 4.78 is 34.3. The Bertz CT molecular complexity index is 1080. The third-order valence-electron chi connectivity index (χ3n) is 4.55. The maximum absolute atomic E-state index is 12.9. The van der Waals surface area contributed by atoms with Gasteiger partial charge < -0.3 is 10.2 Å². The quantitative estimate of drug-likeness (QED) is 0.465. The molecular formula is C18H24N4O6S. The molecular weight excluding hydrogens is 400 g/mol. The van der Waals surface area contributed by atoms with Crippen LogP contribution in [0.2, 0.25) is 0 Å². The van der Waals surface area contributed by atoms with E-state index in [-0.39, 0.29) is 30.2 Å². The summed E-state index contributed by atoms with van der Waals surface area (Å²) in [5, 5.41) is 2.46. The van der Waals surface area contributed by atoms with Crippen molar-refractivity contribution in [2.24, 2.45) is 7.05 Å². The minimum Gasteiger partial charge on any atom is -0.359 e. The van der Waals surface area contributed by atoms with Crippen molar-refractivity contribution in [1.29, 1.82) is 0 Å². The van der Waals surface area contributed by atoms with E-state index in [9.17, 15) is 22.8 Å². The molecule has 0 aliphatic rings. The maximum atomic E-state index is 12.9. The van der Waals surface area contributed by atoms with Crippen molar-refractivity contribution in [3.8, 4) is 5.69 Å². The molecule has 0 saturated heterocycles. The highest BCUT2D eigenvalue weighted by Gasteiger charge is 2.22. The molecule has 1 heterocycles. The van der Waals surface area contributed by atoms with Crippen molar-refractivity contribution in [2.75, 3.05) is 24.9 Å². The Hall–Kier alpha value is -2.92. The lowest BCUT2D eigenvalue weighted by atomic mass is 10.1. The molecule has 2 N–H and O–H groups in total. The van der Waals surface area contributed by atoms with Gasteiger partial charge in [-0.2, -0.15) is 8.42 Å². The van der Waals surface area contributed by atoms with Gasteiger partial charge in [-0.3, -0.25) is 23.6 Å². The van der Waals surface area contributed by atoms with Crippen molar-refractivity contribution in [2.45, 2.75) is 19.8 Å². The van der Waals surface area contributed by atoms with Crippen LogP contribution in [0.1, 0.15) is 28.9 Å². The molecule has 0 aliphatic carbocycles. The van der Waals surface area contributed by atoms with Gasteiger partial charge in [-0.15, -0.1) is 0 Å². The maximum Gasteiger partial charge on any atom is 0.295 e. The van der Waals surface area contributed by atoms with Gasteiger partial charge in [-0.05, 0) is 31.2 Å². The van der Waals surface area contributed by atoms with Crippen LogP contribution in [-0.2, 0) is 22.0 Å². The predicted molar refractivity (Wildman–Crippen MR) is 108 cm³/mol. The SMILES string of the molecule is CNC(=O)CCC(=O)c1ccc(-n2c(=O)c(N(C)CS(=O)(=O)O)c(C)n2C)cc1. The topological polar surface area (TPSA) is 131 Å². The lowest BCUT2D eigenvalue weighted by Crippen LogP contribution is -2.30. The predicted octanol–water partition coefficient (Wildman–Crippen LogP) is 0.475. The van der Waals surface area contributed by atoms with Crippen molar-refractivity contribution < 1.29 is 22.6 Å². The Morgan fingerprint density at radius 2 is 1.76 bits per heavy atom. The van der Waals surface area contributed by atoms with Crippen molar-refractivity contribution in [3.63, 3.8) is 0 Å². The van der Waals surface area contributed by atoms with Gasteiger partial charge in [0.05, 0.1) is 11.4 Å². The zero-order valence-electron chi connectivity index (χ0n) is 16.7. The largest absolute Gasteiger partial charge is 0.359 e. The highest BCUT2D eigenvalue weighted by atomic mass is 32.2. The van der Waals surface area contributed by atoms with Crippen molar-refractivity contribution in [3.05, 3.63) is 45.9 Å². The molecule has 0 atom stereocenters. The second-order valence-electron chi connectivity index (χ2n) is 6.63. The highest BCUT2D eigenvalue weighted by molar-refractivity contribution is 7.85. The summed E-state index contributed by atoms with van der Waals surface area (Å²) in [5.41, 5.74) is 1.08. The fraction of sp³-hybridized carbons (Fsp3) is 0.389. The molecule has 0 unspecified atom stereocenters. The summed E-state index contributed by atoms with van der Waals surface area (Å²) >= 11 is 0. The van der Waals surface area contributed by atoms with Crippen molar-refractivity contribution >= 4 is 27.5 Å². The van der Waals surface area contributed by atoms with E-state index in [4.69, 9.17) is 4.55 Å². The molecule has 0 bridgehead atoms. The van der Waals surface area contributed by atoms with E-state index in [0.29, 0.717) is 16.9 Å². The first-order valence-corrected chi connectivity index (χ1v) is 10.4. The number of nitrogens with zero attached hydrogens (tertiary/aromatic N) is 3. The minimum atomic E-state index is -4.30. The van der Waals surface area contributed by atoms with Crippen molar-refractivity contribution in [1.82, 2.24) is 14.7 Å². The zero-order valence-corrected chi connectivity index (χ0v) is 17.5. The smallest absolute Gasteiger partial charge is 0.295 e. The molecule has 11 heteroatoms. The molecule has 0 radical (unpaired) electrons. The number of Topliss-reactive ketones (excluding diaryl/α,β-unsaturated/α-hetero) is 1. The lowest BCUT2D eigenvalue weighted by Gasteiger charge is -2.15. The summed E-state index contributed by atoms with van der Waals surface area (Å²) in [6, 6.07) is 6.33.